The van der Waals surface area contributed by atoms with Crippen molar-refractivity contribution in [2.75, 3.05) is 7.11 Å². The Morgan fingerprint density at radius 3 is 1.71 bits per heavy atom. The quantitative estimate of drug-likeness (QED) is 0.180. The third kappa shape index (κ3) is 16.5. The molecule has 0 bridgehead atoms. The van der Waals surface area contributed by atoms with Crippen LogP contribution in [0.1, 0.15) is 90.4 Å². The van der Waals surface area contributed by atoms with Crippen LogP contribution in [0, 0.1) is 0 Å². The Morgan fingerprint density at radius 2 is 1.29 bits per heavy atom. The van der Waals surface area contributed by atoms with E-state index in [1.54, 1.807) is 0 Å². The van der Waals surface area contributed by atoms with E-state index in [0.29, 0.717) is 6.42 Å². The summed E-state index contributed by atoms with van der Waals surface area (Å²) in [5.41, 5.74) is 0. The average Bonchev–Trinajstić information content (AvgIpc) is 2.50. The zero-order valence-corrected chi connectivity index (χ0v) is 18.0. The van der Waals surface area contributed by atoms with Gasteiger partial charge in [-0.15, -0.1) is 0 Å². The first-order valence-corrected chi connectivity index (χ1v) is 13.5. The van der Waals surface area contributed by atoms with Gasteiger partial charge in [0.25, 0.3) is 0 Å². The zero-order valence-electron chi connectivity index (χ0n) is 17.0. The molecule has 0 spiro atoms. The van der Waals surface area contributed by atoms with Gasteiger partial charge < -0.3 is 9.16 Å². The van der Waals surface area contributed by atoms with E-state index >= 15 is 0 Å². The van der Waals surface area contributed by atoms with Crippen molar-refractivity contribution in [1.29, 1.82) is 0 Å². The molecule has 4 heteroatoms. The second kappa shape index (κ2) is 14.9. The topological polar surface area (TPSA) is 35.5 Å². The highest BCUT2D eigenvalue weighted by molar-refractivity contribution is 6.69. The highest BCUT2D eigenvalue weighted by atomic mass is 28.4. The number of carbonyl (C=O) groups is 1. The summed E-state index contributed by atoms with van der Waals surface area (Å²) in [5.74, 6) is -0.152. The van der Waals surface area contributed by atoms with Crippen molar-refractivity contribution in [2.24, 2.45) is 0 Å². The van der Waals surface area contributed by atoms with Crippen LogP contribution in [0.15, 0.2) is 0 Å². The molecule has 3 nitrogen and oxygen atoms in total. The molecule has 0 N–H and O–H groups in total. The van der Waals surface area contributed by atoms with Crippen LogP contribution < -0.4 is 0 Å². The minimum Gasteiger partial charge on any atom is -0.469 e. The SMILES string of the molecule is CCCCCCCCCCCCCC(CC(=O)OC)O[Si](C)(C)C. The summed E-state index contributed by atoms with van der Waals surface area (Å²) in [5, 5.41) is 0. The van der Waals surface area contributed by atoms with Crippen molar-refractivity contribution in [1.82, 2.24) is 0 Å². The summed E-state index contributed by atoms with van der Waals surface area (Å²) in [7, 11) is -0.153. The first-order valence-electron chi connectivity index (χ1n) is 10.1. The lowest BCUT2D eigenvalue weighted by atomic mass is 10.0. The molecule has 0 aliphatic heterocycles. The van der Waals surface area contributed by atoms with Crippen molar-refractivity contribution in [3.05, 3.63) is 0 Å². The number of hydrogen-bond donors (Lipinski definition) is 0. The largest absolute Gasteiger partial charge is 0.469 e. The molecule has 0 aromatic rings. The van der Waals surface area contributed by atoms with Gasteiger partial charge in [0.05, 0.1) is 19.6 Å². The molecule has 0 fully saturated rings. The van der Waals surface area contributed by atoms with E-state index in [2.05, 4.69) is 26.6 Å². The average molecular weight is 359 g/mol. The minimum absolute atomic E-state index is 0.0442. The van der Waals surface area contributed by atoms with E-state index in [-0.39, 0.29) is 12.1 Å². The van der Waals surface area contributed by atoms with Gasteiger partial charge in [0.2, 0.25) is 0 Å². The van der Waals surface area contributed by atoms with Crippen LogP contribution in [-0.4, -0.2) is 27.5 Å². The van der Waals surface area contributed by atoms with E-state index in [1.165, 1.54) is 71.3 Å². The predicted molar refractivity (Wildman–Crippen MR) is 106 cm³/mol. The number of methoxy groups -OCH3 is 1. The Labute approximate surface area is 152 Å². The second-order valence-corrected chi connectivity index (χ2v) is 12.4. The lowest BCUT2D eigenvalue weighted by Crippen LogP contribution is -2.33. The van der Waals surface area contributed by atoms with Gasteiger partial charge in [-0.25, -0.2) is 0 Å². The van der Waals surface area contributed by atoms with Crippen LogP contribution >= 0.6 is 0 Å². The van der Waals surface area contributed by atoms with Gasteiger partial charge in [-0.05, 0) is 26.1 Å². The fourth-order valence-corrected chi connectivity index (χ4v) is 4.21. The van der Waals surface area contributed by atoms with Crippen LogP contribution in [0.2, 0.25) is 19.6 Å². The molecular formula is C20H42O3Si. The molecule has 0 saturated heterocycles. The first-order chi connectivity index (χ1) is 11.4. The first kappa shape index (κ1) is 23.6. The number of ether oxygens (including phenoxy) is 1. The van der Waals surface area contributed by atoms with E-state index in [9.17, 15) is 4.79 Å². The molecule has 24 heavy (non-hydrogen) atoms. The van der Waals surface area contributed by atoms with Gasteiger partial charge in [-0.3, -0.25) is 4.79 Å². The predicted octanol–water partition coefficient (Wildman–Crippen LogP) is 6.47. The maximum atomic E-state index is 11.5. The Bertz CT molecular complexity index is 300. The molecule has 0 aromatic carbocycles. The molecule has 0 aromatic heterocycles. The fraction of sp³-hybridized carbons (Fsp3) is 0.950. The van der Waals surface area contributed by atoms with Crippen molar-refractivity contribution in [2.45, 2.75) is 116 Å². The molecule has 0 amide bonds. The van der Waals surface area contributed by atoms with Gasteiger partial charge in [0.1, 0.15) is 0 Å². The van der Waals surface area contributed by atoms with E-state index in [0.717, 1.165) is 12.8 Å². The van der Waals surface area contributed by atoms with Crippen molar-refractivity contribution >= 4 is 14.3 Å². The number of carbonyl (C=O) groups excluding carboxylic acids is 1. The minimum atomic E-state index is -1.61. The number of unbranched alkanes of at least 4 members (excludes halogenated alkanes) is 10. The van der Waals surface area contributed by atoms with Gasteiger partial charge >= 0.3 is 5.97 Å². The molecule has 0 aliphatic rings. The van der Waals surface area contributed by atoms with E-state index < -0.39 is 8.32 Å². The molecule has 0 saturated carbocycles. The molecule has 1 atom stereocenters. The highest BCUT2D eigenvalue weighted by Gasteiger charge is 2.23. The monoisotopic (exact) mass is 358 g/mol. The van der Waals surface area contributed by atoms with Crippen LogP contribution in [0.4, 0.5) is 0 Å². The third-order valence-electron chi connectivity index (χ3n) is 4.27. The molecule has 1 unspecified atom stereocenters. The van der Waals surface area contributed by atoms with Gasteiger partial charge in [0.15, 0.2) is 8.32 Å². The van der Waals surface area contributed by atoms with E-state index in [4.69, 9.17) is 9.16 Å². The standard InChI is InChI=1S/C20H42O3Si/c1-6-7-8-9-10-11-12-13-14-15-16-17-19(18-20(21)22-2)23-24(3,4)5/h19H,6-18H2,1-5H3. The van der Waals surface area contributed by atoms with Gasteiger partial charge in [-0.1, -0.05) is 77.6 Å². The van der Waals surface area contributed by atoms with Crippen LogP contribution in [-0.2, 0) is 14.0 Å². The van der Waals surface area contributed by atoms with Crippen LogP contribution in [0.25, 0.3) is 0 Å². The molecular weight excluding hydrogens is 316 g/mol. The second-order valence-electron chi connectivity index (χ2n) is 7.96. The summed E-state index contributed by atoms with van der Waals surface area (Å²) >= 11 is 0. The fourth-order valence-electron chi connectivity index (χ4n) is 3.01. The molecule has 0 heterocycles. The maximum Gasteiger partial charge on any atom is 0.308 e. The molecule has 0 aliphatic carbocycles. The van der Waals surface area contributed by atoms with Crippen LogP contribution in [0.5, 0.6) is 0 Å². The molecule has 0 radical (unpaired) electrons. The van der Waals surface area contributed by atoms with Crippen LogP contribution in [0.3, 0.4) is 0 Å². The summed E-state index contributed by atoms with van der Waals surface area (Å²) in [6.07, 6.45) is 16.2. The van der Waals surface area contributed by atoms with Crippen molar-refractivity contribution in [3.8, 4) is 0 Å². The summed E-state index contributed by atoms with van der Waals surface area (Å²) in [4.78, 5) is 11.5. The summed E-state index contributed by atoms with van der Waals surface area (Å²) in [6.45, 7) is 8.80. The Kier molecular flexibility index (Phi) is 14.7. The smallest absolute Gasteiger partial charge is 0.308 e. The summed E-state index contributed by atoms with van der Waals surface area (Å²) < 4.78 is 10.9. The third-order valence-corrected chi connectivity index (χ3v) is 5.31. The van der Waals surface area contributed by atoms with E-state index in [1.807, 2.05) is 0 Å². The molecule has 144 valence electrons. The Hall–Kier alpha value is -0.353. The zero-order chi connectivity index (χ0) is 18.3. The lowest BCUT2D eigenvalue weighted by Gasteiger charge is -2.25. The summed E-state index contributed by atoms with van der Waals surface area (Å²) in [6, 6.07) is 0. The lowest BCUT2D eigenvalue weighted by molar-refractivity contribution is -0.142. The van der Waals surface area contributed by atoms with Gasteiger partial charge in [0, 0.05) is 0 Å². The van der Waals surface area contributed by atoms with Crippen molar-refractivity contribution in [3.63, 3.8) is 0 Å². The van der Waals surface area contributed by atoms with Gasteiger partial charge in [-0.2, -0.15) is 0 Å². The maximum absolute atomic E-state index is 11.5. The van der Waals surface area contributed by atoms with Crippen molar-refractivity contribution < 1.29 is 14.0 Å². The molecule has 0 rings (SSSR count). The number of hydrogen-bond acceptors (Lipinski definition) is 3. The Balaban J connectivity index is 3.67. The number of esters is 1. The normalized spacial score (nSPS) is 13.0. The number of rotatable bonds is 16. The highest BCUT2D eigenvalue weighted by Crippen LogP contribution is 2.18. The Morgan fingerprint density at radius 1 is 0.833 bits per heavy atom.